The number of rotatable bonds is 2. The maximum atomic E-state index is 12.0. The molecule has 0 atom stereocenters. The average Bonchev–Trinajstić information content (AvgIpc) is 2.76. The third kappa shape index (κ3) is 3.71. The Morgan fingerprint density at radius 3 is 2.90 bits per heavy atom. The van der Waals surface area contributed by atoms with Crippen molar-refractivity contribution in [2.24, 2.45) is 5.73 Å². The SMILES string of the molecule is NCC#Cc1cccc(NC(=O)c2cc(Cl)sc2Cl)n1. The van der Waals surface area contributed by atoms with Crippen molar-refractivity contribution in [2.45, 2.75) is 0 Å². The zero-order chi connectivity index (χ0) is 14.5. The summed E-state index contributed by atoms with van der Waals surface area (Å²) < 4.78 is 0.794. The zero-order valence-corrected chi connectivity index (χ0v) is 12.4. The van der Waals surface area contributed by atoms with Gasteiger partial charge in [0.15, 0.2) is 0 Å². The van der Waals surface area contributed by atoms with Crippen molar-refractivity contribution in [1.29, 1.82) is 0 Å². The molecule has 0 saturated carbocycles. The fourth-order valence-electron chi connectivity index (χ4n) is 1.39. The van der Waals surface area contributed by atoms with E-state index < -0.39 is 0 Å². The monoisotopic (exact) mass is 325 g/mol. The summed E-state index contributed by atoms with van der Waals surface area (Å²) in [6.07, 6.45) is 0. The number of carbonyl (C=O) groups excluding carboxylic acids is 1. The van der Waals surface area contributed by atoms with Crippen LogP contribution in [-0.2, 0) is 0 Å². The fourth-order valence-corrected chi connectivity index (χ4v) is 2.85. The normalized spacial score (nSPS) is 9.75. The van der Waals surface area contributed by atoms with Crippen LogP contribution in [0.1, 0.15) is 16.1 Å². The van der Waals surface area contributed by atoms with Gasteiger partial charge in [-0.1, -0.05) is 35.2 Å². The smallest absolute Gasteiger partial charge is 0.259 e. The summed E-state index contributed by atoms with van der Waals surface area (Å²) in [7, 11) is 0. The first kappa shape index (κ1) is 14.8. The Labute approximate surface area is 129 Å². The van der Waals surface area contributed by atoms with E-state index in [0.29, 0.717) is 25.7 Å². The molecule has 0 unspecified atom stereocenters. The lowest BCUT2D eigenvalue weighted by molar-refractivity contribution is 0.102. The van der Waals surface area contributed by atoms with Crippen LogP contribution in [0.3, 0.4) is 0 Å². The first-order valence-electron chi connectivity index (χ1n) is 5.52. The second-order valence-electron chi connectivity index (χ2n) is 3.61. The molecule has 4 nitrogen and oxygen atoms in total. The predicted octanol–water partition coefficient (Wildman–Crippen LogP) is 3.01. The number of amides is 1. The van der Waals surface area contributed by atoms with Crippen LogP contribution in [-0.4, -0.2) is 17.4 Å². The van der Waals surface area contributed by atoms with E-state index in [4.69, 9.17) is 28.9 Å². The Balaban J connectivity index is 2.17. The van der Waals surface area contributed by atoms with Gasteiger partial charge in [0.05, 0.1) is 16.4 Å². The minimum atomic E-state index is -0.366. The van der Waals surface area contributed by atoms with Crippen molar-refractivity contribution in [3.63, 3.8) is 0 Å². The summed E-state index contributed by atoms with van der Waals surface area (Å²) in [4.78, 5) is 16.2. The second kappa shape index (κ2) is 6.73. The number of nitrogens with one attached hydrogen (secondary N) is 1. The van der Waals surface area contributed by atoms with E-state index in [1.165, 1.54) is 6.07 Å². The van der Waals surface area contributed by atoms with E-state index in [2.05, 4.69) is 22.1 Å². The molecule has 7 heteroatoms. The molecule has 20 heavy (non-hydrogen) atoms. The fraction of sp³-hybridized carbons (Fsp3) is 0.0769. The van der Waals surface area contributed by atoms with Gasteiger partial charge in [-0.05, 0) is 24.1 Å². The summed E-state index contributed by atoms with van der Waals surface area (Å²) >= 11 is 12.9. The van der Waals surface area contributed by atoms with Gasteiger partial charge >= 0.3 is 0 Å². The van der Waals surface area contributed by atoms with Crippen molar-refractivity contribution in [3.05, 3.63) is 44.2 Å². The summed E-state index contributed by atoms with van der Waals surface area (Å²) in [6.45, 7) is 0.251. The number of nitrogens with zero attached hydrogens (tertiary/aromatic N) is 1. The van der Waals surface area contributed by atoms with Crippen LogP contribution in [0.25, 0.3) is 0 Å². The van der Waals surface area contributed by atoms with Gasteiger partial charge in [0.25, 0.3) is 5.91 Å². The lowest BCUT2D eigenvalue weighted by Crippen LogP contribution is -2.12. The number of pyridine rings is 1. The molecule has 2 rings (SSSR count). The van der Waals surface area contributed by atoms with E-state index in [-0.39, 0.29) is 12.5 Å². The standard InChI is InChI=1S/C13H9Cl2N3OS/c14-10-7-9(12(15)20-10)13(19)18-11-5-1-3-8(17-11)4-2-6-16/h1,3,5,7H,6,16H2,(H,17,18,19). The number of nitrogens with two attached hydrogens (primary N) is 1. The van der Waals surface area contributed by atoms with Gasteiger partial charge in [-0.3, -0.25) is 4.79 Å². The molecule has 0 saturated heterocycles. The summed E-state index contributed by atoms with van der Waals surface area (Å²) in [5, 5.41) is 2.64. The lowest BCUT2D eigenvalue weighted by Gasteiger charge is -2.03. The van der Waals surface area contributed by atoms with E-state index in [9.17, 15) is 4.79 Å². The predicted molar refractivity (Wildman–Crippen MR) is 82.5 cm³/mol. The highest BCUT2D eigenvalue weighted by Crippen LogP contribution is 2.31. The number of hydrogen-bond acceptors (Lipinski definition) is 4. The molecule has 2 aromatic rings. The van der Waals surface area contributed by atoms with Crippen LogP contribution in [0.15, 0.2) is 24.3 Å². The third-order valence-electron chi connectivity index (χ3n) is 2.21. The minimum absolute atomic E-state index is 0.251. The summed E-state index contributed by atoms with van der Waals surface area (Å²) in [5.41, 5.74) is 6.14. The molecule has 2 heterocycles. The number of aromatic nitrogens is 1. The zero-order valence-electron chi connectivity index (χ0n) is 10.1. The van der Waals surface area contributed by atoms with Gasteiger partial charge in [-0.25, -0.2) is 4.98 Å². The summed E-state index contributed by atoms with van der Waals surface area (Å²) in [6, 6.07) is 6.65. The van der Waals surface area contributed by atoms with Gasteiger partial charge in [0, 0.05) is 0 Å². The Bertz CT molecular complexity index is 703. The van der Waals surface area contributed by atoms with Crippen LogP contribution in [0.2, 0.25) is 8.67 Å². The maximum Gasteiger partial charge on any atom is 0.259 e. The summed E-state index contributed by atoms with van der Waals surface area (Å²) in [5.74, 6) is 5.51. The number of anilines is 1. The first-order valence-corrected chi connectivity index (χ1v) is 7.09. The van der Waals surface area contributed by atoms with E-state index in [1.54, 1.807) is 18.2 Å². The molecule has 102 valence electrons. The number of hydrogen-bond donors (Lipinski definition) is 2. The third-order valence-corrected chi connectivity index (χ3v) is 3.70. The average molecular weight is 326 g/mol. The van der Waals surface area contributed by atoms with Crippen LogP contribution < -0.4 is 11.1 Å². The molecular weight excluding hydrogens is 317 g/mol. The largest absolute Gasteiger partial charge is 0.320 e. The molecule has 2 aromatic heterocycles. The van der Waals surface area contributed by atoms with Crippen molar-refractivity contribution in [2.75, 3.05) is 11.9 Å². The Hall–Kier alpha value is -1.58. The van der Waals surface area contributed by atoms with Gasteiger partial charge in [-0.15, -0.1) is 11.3 Å². The number of carbonyl (C=O) groups is 1. The molecule has 3 N–H and O–H groups in total. The van der Waals surface area contributed by atoms with Crippen molar-refractivity contribution in [3.8, 4) is 11.8 Å². The molecule has 1 amide bonds. The van der Waals surface area contributed by atoms with E-state index >= 15 is 0 Å². The molecule has 0 aliphatic rings. The highest BCUT2D eigenvalue weighted by molar-refractivity contribution is 7.20. The Kier molecular flexibility index (Phi) is 4.99. The molecular formula is C13H9Cl2N3OS. The van der Waals surface area contributed by atoms with Crippen LogP contribution >= 0.6 is 34.5 Å². The van der Waals surface area contributed by atoms with Crippen molar-refractivity contribution >= 4 is 46.3 Å². The molecule has 0 spiro atoms. The van der Waals surface area contributed by atoms with Gasteiger partial charge in [0.2, 0.25) is 0 Å². The minimum Gasteiger partial charge on any atom is -0.320 e. The topological polar surface area (TPSA) is 68.0 Å². The van der Waals surface area contributed by atoms with Crippen LogP contribution in [0, 0.1) is 11.8 Å². The van der Waals surface area contributed by atoms with Gasteiger partial charge < -0.3 is 11.1 Å². The molecule has 0 bridgehead atoms. The highest BCUT2D eigenvalue weighted by atomic mass is 35.5. The highest BCUT2D eigenvalue weighted by Gasteiger charge is 2.14. The second-order valence-corrected chi connectivity index (χ2v) is 5.89. The van der Waals surface area contributed by atoms with Crippen molar-refractivity contribution < 1.29 is 4.79 Å². The van der Waals surface area contributed by atoms with Gasteiger partial charge in [-0.2, -0.15) is 0 Å². The maximum absolute atomic E-state index is 12.0. The quantitative estimate of drug-likeness (QED) is 0.834. The van der Waals surface area contributed by atoms with E-state index in [0.717, 1.165) is 11.3 Å². The Morgan fingerprint density at radius 2 is 2.25 bits per heavy atom. The molecule has 0 aliphatic carbocycles. The number of thiophene rings is 1. The molecule has 0 aliphatic heterocycles. The molecule has 0 aromatic carbocycles. The van der Waals surface area contributed by atoms with Gasteiger partial charge in [0.1, 0.15) is 15.8 Å². The Morgan fingerprint density at radius 1 is 1.45 bits per heavy atom. The van der Waals surface area contributed by atoms with E-state index in [1.807, 2.05) is 0 Å². The lowest BCUT2D eigenvalue weighted by atomic mass is 10.3. The molecule has 0 radical (unpaired) electrons. The van der Waals surface area contributed by atoms with Crippen LogP contribution in [0.4, 0.5) is 5.82 Å². The molecule has 0 fully saturated rings. The van der Waals surface area contributed by atoms with Crippen LogP contribution in [0.5, 0.6) is 0 Å². The first-order chi connectivity index (χ1) is 9.60. The number of halogens is 2. The van der Waals surface area contributed by atoms with Crippen molar-refractivity contribution in [1.82, 2.24) is 4.98 Å².